The van der Waals surface area contributed by atoms with Crippen LogP contribution < -0.4 is 10.1 Å². The van der Waals surface area contributed by atoms with Crippen molar-refractivity contribution in [3.8, 4) is 5.75 Å². The topological polar surface area (TPSA) is 80.2 Å². The first-order valence-electron chi connectivity index (χ1n) is 5.85. The second-order valence-electron chi connectivity index (χ2n) is 3.81. The monoisotopic (exact) mass is 266 g/mol. The second-order valence-corrected chi connectivity index (χ2v) is 3.81. The van der Waals surface area contributed by atoms with Crippen LogP contribution in [0.1, 0.15) is 12.5 Å². The van der Waals surface area contributed by atoms with Gasteiger partial charge in [-0.15, -0.1) is 0 Å². The van der Waals surface area contributed by atoms with E-state index in [1.165, 1.54) is 0 Å². The van der Waals surface area contributed by atoms with Crippen molar-refractivity contribution < 1.29 is 19.5 Å². The number of amides is 1. The van der Waals surface area contributed by atoms with Crippen molar-refractivity contribution in [2.24, 2.45) is 5.16 Å². The van der Waals surface area contributed by atoms with Gasteiger partial charge in [0, 0.05) is 19.2 Å². The van der Waals surface area contributed by atoms with E-state index in [1.807, 2.05) is 0 Å². The molecule has 0 aliphatic heterocycles. The lowest BCUT2D eigenvalue weighted by atomic mass is 10.1. The Morgan fingerprint density at radius 1 is 1.42 bits per heavy atom. The molecule has 1 rings (SSSR count). The van der Waals surface area contributed by atoms with E-state index in [-0.39, 0.29) is 12.5 Å². The van der Waals surface area contributed by atoms with Gasteiger partial charge in [0.1, 0.15) is 5.75 Å². The number of oxime groups is 1. The molecule has 0 fully saturated rings. The molecule has 1 amide bonds. The molecule has 0 unspecified atom stereocenters. The Kier molecular flexibility index (Phi) is 6.38. The van der Waals surface area contributed by atoms with Crippen molar-refractivity contribution in [2.45, 2.75) is 6.92 Å². The predicted octanol–water partition coefficient (Wildman–Crippen LogP) is 1.03. The third kappa shape index (κ3) is 4.97. The SMILES string of the molecule is COCCNC(=O)COc1ccccc1C(C)=NO. The lowest BCUT2D eigenvalue weighted by molar-refractivity contribution is -0.123. The van der Waals surface area contributed by atoms with Gasteiger partial charge in [-0.1, -0.05) is 17.3 Å². The van der Waals surface area contributed by atoms with Crippen LogP contribution in [0.15, 0.2) is 29.4 Å². The van der Waals surface area contributed by atoms with Crippen molar-refractivity contribution in [3.05, 3.63) is 29.8 Å². The third-order valence-electron chi connectivity index (χ3n) is 2.41. The van der Waals surface area contributed by atoms with E-state index >= 15 is 0 Å². The first-order valence-corrected chi connectivity index (χ1v) is 5.85. The molecule has 6 heteroatoms. The number of carbonyl (C=O) groups is 1. The highest BCUT2D eigenvalue weighted by atomic mass is 16.5. The summed E-state index contributed by atoms with van der Waals surface area (Å²) in [7, 11) is 1.57. The minimum absolute atomic E-state index is 0.0978. The number of hydrogen-bond acceptors (Lipinski definition) is 5. The zero-order chi connectivity index (χ0) is 14.1. The average molecular weight is 266 g/mol. The van der Waals surface area contributed by atoms with Crippen LogP contribution in [0.25, 0.3) is 0 Å². The van der Waals surface area contributed by atoms with Gasteiger partial charge in [-0.05, 0) is 19.1 Å². The fourth-order valence-electron chi connectivity index (χ4n) is 1.43. The van der Waals surface area contributed by atoms with E-state index in [1.54, 1.807) is 38.3 Å². The minimum Gasteiger partial charge on any atom is -0.483 e. The normalized spacial score (nSPS) is 11.2. The molecule has 1 aromatic rings. The van der Waals surface area contributed by atoms with E-state index in [0.717, 1.165) is 0 Å². The van der Waals surface area contributed by atoms with Crippen LogP contribution in [0.5, 0.6) is 5.75 Å². The van der Waals surface area contributed by atoms with Gasteiger partial charge in [-0.25, -0.2) is 0 Å². The molecule has 0 saturated heterocycles. The number of benzene rings is 1. The number of para-hydroxylation sites is 1. The Balaban J connectivity index is 2.56. The molecule has 0 aliphatic carbocycles. The summed E-state index contributed by atoms with van der Waals surface area (Å²) in [6.45, 7) is 2.45. The molecule has 0 atom stereocenters. The number of hydrogen-bond donors (Lipinski definition) is 2. The molecule has 0 radical (unpaired) electrons. The van der Waals surface area contributed by atoms with Crippen LogP contribution >= 0.6 is 0 Å². The van der Waals surface area contributed by atoms with Crippen LogP contribution in [0.2, 0.25) is 0 Å². The summed E-state index contributed by atoms with van der Waals surface area (Å²) < 4.78 is 10.2. The highest BCUT2D eigenvalue weighted by Crippen LogP contribution is 2.18. The number of nitrogens with one attached hydrogen (secondary N) is 1. The first kappa shape index (κ1) is 15.0. The Hall–Kier alpha value is -2.08. The zero-order valence-electron chi connectivity index (χ0n) is 11.0. The van der Waals surface area contributed by atoms with E-state index in [0.29, 0.717) is 30.2 Å². The van der Waals surface area contributed by atoms with Gasteiger partial charge >= 0.3 is 0 Å². The highest BCUT2D eigenvalue weighted by Gasteiger charge is 2.08. The summed E-state index contributed by atoms with van der Waals surface area (Å²) >= 11 is 0. The molecular formula is C13H18N2O4. The molecule has 0 bridgehead atoms. The van der Waals surface area contributed by atoms with Crippen LogP contribution in [0, 0.1) is 0 Å². The van der Waals surface area contributed by atoms with Crippen molar-refractivity contribution in [3.63, 3.8) is 0 Å². The molecular weight excluding hydrogens is 248 g/mol. The quantitative estimate of drug-likeness (QED) is 0.334. The van der Waals surface area contributed by atoms with E-state index < -0.39 is 0 Å². The number of nitrogens with zero attached hydrogens (tertiary/aromatic N) is 1. The first-order chi connectivity index (χ1) is 9.19. The molecule has 0 heterocycles. The molecule has 0 aromatic heterocycles. The Morgan fingerprint density at radius 3 is 2.84 bits per heavy atom. The molecule has 1 aromatic carbocycles. The van der Waals surface area contributed by atoms with E-state index in [4.69, 9.17) is 14.7 Å². The van der Waals surface area contributed by atoms with Gasteiger partial charge in [-0.2, -0.15) is 0 Å². The minimum atomic E-state index is -0.231. The molecule has 19 heavy (non-hydrogen) atoms. The fourth-order valence-corrected chi connectivity index (χ4v) is 1.43. The maximum atomic E-state index is 11.5. The van der Waals surface area contributed by atoms with Crippen LogP contribution in [0.4, 0.5) is 0 Å². The van der Waals surface area contributed by atoms with Crippen LogP contribution in [0.3, 0.4) is 0 Å². The molecule has 0 saturated carbocycles. The van der Waals surface area contributed by atoms with E-state index in [2.05, 4.69) is 10.5 Å². The van der Waals surface area contributed by atoms with Crippen LogP contribution in [-0.2, 0) is 9.53 Å². The number of rotatable bonds is 7. The largest absolute Gasteiger partial charge is 0.483 e. The summed E-state index contributed by atoms with van der Waals surface area (Å²) in [5.74, 6) is 0.269. The number of methoxy groups -OCH3 is 1. The lowest BCUT2D eigenvalue weighted by Gasteiger charge is -2.10. The van der Waals surface area contributed by atoms with Crippen molar-refractivity contribution >= 4 is 11.6 Å². The lowest BCUT2D eigenvalue weighted by Crippen LogP contribution is -2.31. The molecule has 0 spiro atoms. The maximum absolute atomic E-state index is 11.5. The van der Waals surface area contributed by atoms with Gasteiger partial charge in [-0.3, -0.25) is 4.79 Å². The Bertz CT molecular complexity index is 446. The van der Waals surface area contributed by atoms with Crippen molar-refractivity contribution in [1.82, 2.24) is 5.32 Å². The molecule has 0 aliphatic rings. The Labute approximate surface area is 112 Å². The van der Waals surface area contributed by atoms with Gasteiger partial charge in [0.2, 0.25) is 0 Å². The van der Waals surface area contributed by atoms with Gasteiger partial charge in [0.25, 0.3) is 5.91 Å². The summed E-state index contributed by atoms with van der Waals surface area (Å²) in [4.78, 5) is 11.5. The molecule has 2 N–H and O–H groups in total. The summed E-state index contributed by atoms with van der Waals surface area (Å²) in [6.07, 6.45) is 0. The Morgan fingerprint density at radius 2 is 2.16 bits per heavy atom. The molecule has 104 valence electrons. The third-order valence-corrected chi connectivity index (χ3v) is 2.41. The van der Waals surface area contributed by atoms with E-state index in [9.17, 15) is 4.79 Å². The smallest absolute Gasteiger partial charge is 0.258 e. The summed E-state index contributed by atoms with van der Waals surface area (Å²) in [5, 5.41) is 14.5. The number of ether oxygens (including phenoxy) is 2. The second kappa shape index (κ2) is 8.10. The van der Waals surface area contributed by atoms with Gasteiger partial charge in [0.15, 0.2) is 6.61 Å². The summed E-state index contributed by atoms with van der Waals surface area (Å²) in [6, 6.07) is 7.06. The predicted molar refractivity (Wildman–Crippen MR) is 70.8 cm³/mol. The van der Waals surface area contributed by atoms with Gasteiger partial charge < -0.3 is 20.0 Å². The molecule has 6 nitrogen and oxygen atoms in total. The van der Waals surface area contributed by atoms with Gasteiger partial charge in [0.05, 0.1) is 12.3 Å². The zero-order valence-corrected chi connectivity index (χ0v) is 11.0. The standard InChI is InChI=1S/C13H18N2O4/c1-10(15-17)11-5-3-4-6-12(11)19-9-13(16)14-7-8-18-2/h3-6,17H,7-9H2,1-2H3,(H,14,16). The van der Waals surface area contributed by atoms with Crippen LogP contribution in [-0.4, -0.2) is 43.7 Å². The number of carbonyl (C=O) groups excluding carboxylic acids is 1. The van der Waals surface area contributed by atoms with Crippen molar-refractivity contribution in [1.29, 1.82) is 0 Å². The summed E-state index contributed by atoms with van der Waals surface area (Å²) in [5.41, 5.74) is 1.07. The van der Waals surface area contributed by atoms with Crippen molar-refractivity contribution in [2.75, 3.05) is 26.9 Å². The average Bonchev–Trinajstić information content (AvgIpc) is 2.45. The maximum Gasteiger partial charge on any atom is 0.258 e. The highest BCUT2D eigenvalue weighted by molar-refractivity contribution is 6.00. The fraction of sp³-hybridized carbons (Fsp3) is 0.385.